The van der Waals surface area contributed by atoms with Gasteiger partial charge in [-0.05, 0) is 43.0 Å². The molecule has 3 rings (SSSR count). The molecular formula is C20H23N3O3. The van der Waals surface area contributed by atoms with Gasteiger partial charge in [0.05, 0.1) is 23.9 Å². The minimum absolute atomic E-state index is 0.312. The monoisotopic (exact) mass is 353 g/mol. The van der Waals surface area contributed by atoms with E-state index < -0.39 is 5.97 Å². The maximum Gasteiger partial charge on any atom is 0.339 e. The predicted octanol–water partition coefficient (Wildman–Crippen LogP) is 3.36. The summed E-state index contributed by atoms with van der Waals surface area (Å²) in [6.45, 7) is 4.25. The van der Waals surface area contributed by atoms with E-state index in [4.69, 9.17) is 4.74 Å². The minimum Gasteiger partial charge on any atom is -0.465 e. The second kappa shape index (κ2) is 7.99. The summed E-state index contributed by atoms with van der Waals surface area (Å²) in [5.74, 6) is 0.843. The number of piperidine rings is 1. The van der Waals surface area contributed by atoms with Gasteiger partial charge in [-0.3, -0.25) is 4.79 Å². The number of ether oxygens (including phenoxy) is 1. The predicted molar refractivity (Wildman–Crippen MR) is 101 cm³/mol. The highest BCUT2D eigenvalue weighted by molar-refractivity contribution is 6.07. The highest BCUT2D eigenvalue weighted by Crippen LogP contribution is 2.22. The number of anilines is 2. The number of nitrogens with one attached hydrogen (secondary N) is 1. The van der Waals surface area contributed by atoms with Crippen molar-refractivity contribution in [2.24, 2.45) is 5.92 Å². The van der Waals surface area contributed by atoms with Crippen LogP contribution in [0.1, 0.15) is 40.5 Å². The van der Waals surface area contributed by atoms with Gasteiger partial charge in [0, 0.05) is 19.3 Å². The van der Waals surface area contributed by atoms with Crippen LogP contribution >= 0.6 is 0 Å². The number of para-hydroxylation sites is 1. The molecule has 1 aliphatic rings. The number of rotatable bonds is 4. The van der Waals surface area contributed by atoms with Crippen molar-refractivity contribution in [3.05, 3.63) is 53.7 Å². The number of nitrogens with zero attached hydrogens (tertiary/aromatic N) is 2. The lowest BCUT2D eigenvalue weighted by molar-refractivity contribution is 0.0602. The first-order valence-electron chi connectivity index (χ1n) is 8.78. The first-order chi connectivity index (χ1) is 12.6. The van der Waals surface area contributed by atoms with E-state index in [0.717, 1.165) is 37.7 Å². The van der Waals surface area contributed by atoms with Gasteiger partial charge in [0.2, 0.25) is 0 Å². The molecule has 1 aromatic carbocycles. The maximum atomic E-state index is 12.5. The van der Waals surface area contributed by atoms with E-state index in [1.807, 2.05) is 6.07 Å². The van der Waals surface area contributed by atoms with Crippen LogP contribution in [0.3, 0.4) is 0 Å². The number of hydrogen-bond donors (Lipinski definition) is 1. The van der Waals surface area contributed by atoms with Crippen LogP contribution in [0.15, 0.2) is 42.6 Å². The molecule has 0 bridgehead atoms. The second-order valence-electron chi connectivity index (χ2n) is 6.57. The number of esters is 1. The Kier molecular flexibility index (Phi) is 5.51. The van der Waals surface area contributed by atoms with Crippen LogP contribution in [-0.2, 0) is 4.74 Å². The lowest BCUT2D eigenvalue weighted by Gasteiger charge is -2.31. The molecule has 1 fully saturated rings. The Labute approximate surface area is 153 Å². The molecule has 0 atom stereocenters. The Morgan fingerprint density at radius 2 is 1.88 bits per heavy atom. The van der Waals surface area contributed by atoms with Crippen molar-refractivity contribution in [3.8, 4) is 0 Å². The van der Waals surface area contributed by atoms with Gasteiger partial charge >= 0.3 is 5.97 Å². The van der Waals surface area contributed by atoms with Gasteiger partial charge in [-0.1, -0.05) is 19.1 Å². The average Bonchev–Trinajstić information content (AvgIpc) is 2.68. The molecule has 1 saturated heterocycles. The zero-order valence-electron chi connectivity index (χ0n) is 15.1. The van der Waals surface area contributed by atoms with Crippen molar-refractivity contribution >= 4 is 23.4 Å². The van der Waals surface area contributed by atoms with Crippen LogP contribution in [0, 0.1) is 5.92 Å². The fourth-order valence-electron chi connectivity index (χ4n) is 3.02. The van der Waals surface area contributed by atoms with Crippen molar-refractivity contribution in [3.63, 3.8) is 0 Å². The molecule has 0 radical (unpaired) electrons. The number of carbonyl (C=O) groups is 2. The third-order valence-electron chi connectivity index (χ3n) is 4.70. The minimum atomic E-state index is -0.492. The van der Waals surface area contributed by atoms with E-state index in [0.29, 0.717) is 16.8 Å². The number of carbonyl (C=O) groups excluding carboxylic acids is 2. The molecule has 0 spiro atoms. The van der Waals surface area contributed by atoms with E-state index in [1.165, 1.54) is 7.11 Å². The van der Waals surface area contributed by atoms with Crippen LogP contribution in [-0.4, -0.2) is 37.1 Å². The summed E-state index contributed by atoms with van der Waals surface area (Å²) in [6.07, 6.45) is 3.89. The molecule has 2 aromatic rings. The summed E-state index contributed by atoms with van der Waals surface area (Å²) < 4.78 is 4.75. The van der Waals surface area contributed by atoms with Crippen LogP contribution in [0.25, 0.3) is 0 Å². The number of pyridine rings is 1. The number of aromatic nitrogens is 1. The SMILES string of the molecule is COC(=O)c1ccccc1NC(=O)c1ccc(N2CCC(C)CC2)nc1. The fraction of sp³-hybridized carbons (Fsp3) is 0.350. The summed E-state index contributed by atoms with van der Waals surface area (Å²) in [4.78, 5) is 31.0. The van der Waals surface area contributed by atoms with Gasteiger partial charge in [0.1, 0.15) is 5.82 Å². The number of hydrogen-bond acceptors (Lipinski definition) is 5. The Bertz CT molecular complexity index is 781. The summed E-state index contributed by atoms with van der Waals surface area (Å²) in [5, 5.41) is 2.75. The number of amides is 1. The summed E-state index contributed by atoms with van der Waals surface area (Å²) in [7, 11) is 1.31. The normalized spacial score (nSPS) is 14.8. The van der Waals surface area contributed by atoms with Gasteiger partial charge in [0.15, 0.2) is 0 Å². The molecule has 1 N–H and O–H groups in total. The van der Waals surface area contributed by atoms with E-state index in [9.17, 15) is 9.59 Å². The number of methoxy groups -OCH3 is 1. The first-order valence-corrected chi connectivity index (χ1v) is 8.78. The van der Waals surface area contributed by atoms with Crippen LogP contribution in [0.2, 0.25) is 0 Å². The maximum absolute atomic E-state index is 12.5. The fourth-order valence-corrected chi connectivity index (χ4v) is 3.02. The molecule has 0 aliphatic carbocycles. The standard InChI is InChI=1S/C20H23N3O3/c1-14-9-11-23(12-10-14)18-8-7-15(13-21-18)19(24)22-17-6-4-3-5-16(17)20(25)26-2/h3-8,13-14H,9-12H2,1-2H3,(H,22,24). The third kappa shape index (κ3) is 4.02. The topological polar surface area (TPSA) is 71.5 Å². The largest absolute Gasteiger partial charge is 0.465 e. The molecule has 0 unspecified atom stereocenters. The molecular weight excluding hydrogens is 330 g/mol. The van der Waals surface area contributed by atoms with Gasteiger partial charge in [-0.15, -0.1) is 0 Å². The zero-order chi connectivity index (χ0) is 18.5. The third-order valence-corrected chi connectivity index (χ3v) is 4.70. The quantitative estimate of drug-likeness (QED) is 0.854. The molecule has 2 heterocycles. The lowest BCUT2D eigenvalue weighted by atomic mass is 9.99. The molecule has 1 amide bonds. The van der Waals surface area contributed by atoms with E-state index in [2.05, 4.69) is 22.1 Å². The van der Waals surface area contributed by atoms with Crippen molar-refractivity contribution in [1.29, 1.82) is 0 Å². The second-order valence-corrected chi connectivity index (χ2v) is 6.57. The Morgan fingerprint density at radius 3 is 2.54 bits per heavy atom. The summed E-state index contributed by atoms with van der Waals surface area (Å²) in [6, 6.07) is 10.4. The number of benzene rings is 1. The van der Waals surface area contributed by atoms with Gasteiger partial charge in [-0.2, -0.15) is 0 Å². The van der Waals surface area contributed by atoms with Gasteiger partial charge < -0.3 is 15.0 Å². The van der Waals surface area contributed by atoms with E-state index in [1.54, 1.807) is 36.5 Å². The van der Waals surface area contributed by atoms with Gasteiger partial charge in [0.25, 0.3) is 5.91 Å². The molecule has 6 nitrogen and oxygen atoms in total. The Balaban J connectivity index is 1.70. The van der Waals surface area contributed by atoms with Crippen molar-refractivity contribution in [1.82, 2.24) is 4.98 Å². The van der Waals surface area contributed by atoms with Crippen LogP contribution in [0.5, 0.6) is 0 Å². The molecule has 136 valence electrons. The summed E-state index contributed by atoms with van der Waals surface area (Å²) >= 11 is 0. The van der Waals surface area contributed by atoms with E-state index in [-0.39, 0.29) is 5.91 Å². The molecule has 26 heavy (non-hydrogen) atoms. The van der Waals surface area contributed by atoms with Gasteiger partial charge in [-0.25, -0.2) is 9.78 Å². The summed E-state index contributed by atoms with van der Waals surface area (Å²) in [5.41, 5.74) is 1.17. The lowest BCUT2D eigenvalue weighted by Crippen LogP contribution is -2.33. The first kappa shape index (κ1) is 17.9. The van der Waals surface area contributed by atoms with E-state index >= 15 is 0 Å². The molecule has 1 aromatic heterocycles. The average molecular weight is 353 g/mol. The Morgan fingerprint density at radius 1 is 1.15 bits per heavy atom. The van der Waals surface area contributed by atoms with Crippen LogP contribution in [0.4, 0.5) is 11.5 Å². The molecule has 0 saturated carbocycles. The molecule has 1 aliphatic heterocycles. The zero-order valence-corrected chi connectivity index (χ0v) is 15.1. The van der Waals surface area contributed by atoms with Crippen molar-refractivity contribution in [2.75, 3.05) is 30.4 Å². The highest BCUT2D eigenvalue weighted by atomic mass is 16.5. The van der Waals surface area contributed by atoms with Crippen LogP contribution < -0.4 is 10.2 Å². The van der Waals surface area contributed by atoms with Crippen molar-refractivity contribution < 1.29 is 14.3 Å². The smallest absolute Gasteiger partial charge is 0.339 e. The Hall–Kier alpha value is -2.89. The van der Waals surface area contributed by atoms with Crippen molar-refractivity contribution in [2.45, 2.75) is 19.8 Å². The highest BCUT2D eigenvalue weighted by Gasteiger charge is 2.18. The molecule has 6 heteroatoms.